The van der Waals surface area contributed by atoms with Gasteiger partial charge >= 0.3 is 0 Å². The van der Waals surface area contributed by atoms with Crippen molar-refractivity contribution >= 4 is 32.5 Å². The number of alkyl halides is 1. The van der Waals surface area contributed by atoms with Crippen LogP contribution in [-0.4, -0.2) is 30.0 Å². The van der Waals surface area contributed by atoms with Gasteiger partial charge in [-0.2, -0.15) is 0 Å². The Labute approximate surface area is 122 Å². The lowest BCUT2D eigenvalue weighted by molar-refractivity contribution is 0.415. The molecule has 0 radical (unpaired) electrons. The normalized spacial score (nSPS) is 11.6. The second-order valence-electron chi connectivity index (χ2n) is 5.23. The molecular formula is C15H19BrN2O. The molecule has 0 amide bonds. The van der Waals surface area contributed by atoms with Crippen molar-refractivity contribution in [2.24, 2.45) is 0 Å². The van der Waals surface area contributed by atoms with Crippen LogP contribution in [0, 0.1) is 0 Å². The first-order valence-corrected chi connectivity index (χ1v) is 7.34. The van der Waals surface area contributed by atoms with Gasteiger partial charge in [0.1, 0.15) is 11.6 Å². The van der Waals surface area contributed by atoms with E-state index < -0.39 is 0 Å². The molecule has 2 rings (SSSR count). The second kappa shape index (κ2) is 5.37. The van der Waals surface area contributed by atoms with Crippen LogP contribution in [0.25, 0.3) is 10.8 Å². The maximum Gasteiger partial charge on any atom is 0.136 e. The highest BCUT2D eigenvalue weighted by Gasteiger charge is 2.24. The zero-order valence-corrected chi connectivity index (χ0v) is 13.4. The van der Waals surface area contributed by atoms with Gasteiger partial charge in [0.25, 0.3) is 0 Å². The van der Waals surface area contributed by atoms with Gasteiger partial charge < -0.3 is 9.64 Å². The number of aromatic nitrogens is 1. The van der Waals surface area contributed by atoms with E-state index in [1.165, 1.54) is 0 Å². The van der Waals surface area contributed by atoms with E-state index in [0.717, 1.165) is 27.7 Å². The fourth-order valence-corrected chi connectivity index (χ4v) is 2.29. The molecule has 0 spiro atoms. The third-order valence-corrected chi connectivity index (χ3v) is 4.88. The van der Waals surface area contributed by atoms with Crippen molar-refractivity contribution in [3.63, 3.8) is 0 Å². The molecule has 0 bridgehead atoms. The summed E-state index contributed by atoms with van der Waals surface area (Å²) in [6.07, 6.45) is 1.85. The van der Waals surface area contributed by atoms with Gasteiger partial charge in [-0.1, -0.05) is 15.9 Å². The van der Waals surface area contributed by atoms with Crippen molar-refractivity contribution in [1.29, 1.82) is 0 Å². The van der Waals surface area contributed by atoms with E-state index in [-0.39, 0.29) is 5.54 Å². The zero-order valence-electron chi connectivity index (χ0n) is 11.8. The Kier molecular flexibility index (Phi) is 3.99. The molecular weight excluding hydrogens is 304 g/mol. The average Bonchev–Trinajstić information content (AvgIpc) is 2.45. The lowest BCUT2D eigenvalue weighted by Gasteiger charge is -2.35. The smallest absolute Gasteiger partial charge is 0.136 e. The number of nitrogens with zero attached hydrogens (tertiary/aromatic N) is 2. The predicted octanol–water partition coefficient (Wildman–Crippen LogP) is 3.85. The van der Waals surface area contributed by atoms with Crippen LogP contribution >= 0.6 is 15.9 Å². The summed E-state index contributed by atoms with van der Waals surface area (Å²) < 4.78 is 5.27. The zero-order chi connectivity index (χ0) is 14.0. The van der Waals surface area contributed by atoms with Crippen molar-refractivity contribution in [2.75, 3.05) is 24.4 Å². The highest BCUT2D eigenvalue weighted by Crippen LogP contribution is 2.30. The van der Waals surface area contributed by atoms with E-state index in [2.05, 4.69) is 52.8 Å². The van der Waals surface area contributed by atoms with Gasteiger partial charge in [-0.05, 0) is 43.5 Å². The van der Waals surface area contributed by atoms with E-state index in [4.69, 9.17) is 4.74 Å². The van der Waals surface area contributed by atoms with Crippen molar-refractivity contribution in [1.82, 2.24) is 4.98 Å². The standard InChI is InChI=1S/C15H19BrN2O/c1-15(2,10-16)18(3)14-13-6-5-12(19-4)9-11(13)7-8-17-14/h5-9H,10H2,1-4H3. The minimum Gasteiger partial charge on any atom is -0.497 e. The Morgan fingerprint density at radius 3 is 2.68 bits per heavy atom. The first-order chi connectivity index (χ1) is 8.99. The topological polar surface area (TPSA) is 25.4 Å². The minimum atomic E-state index is 0.00120. The van der Waals surface area contributed by atoms with Crippen LogP contribution in [0.1, 0.15) is 13.8 Å². The number of fused-ring (bicyclic) bond motifs is 1. The number of hydrogen-bond donors (Lipinski definition) is 0. The van der Waals surface area contributed by atoms with Crippen LogP contribution in [0.5, 0.6) is 5.75 Å². The first-order valence-electron chi connectivity index (χ1n) is 6.22. The molecule has 1 aromatic carbocycles. The van der Waals surface area contributed by atoms with E-state index in [0.29, 0.717) is 0 Å². The van der Waals surface area contributed by atoms with Gasteiger partial charge in [0.2, 0.25) is 0 Å². The van der Waals surface area contributed by atoms with Gasteiger partial charge in [0.15, 0.2) is 0 Å². The maximum atomic E-state index is 5.27. The fourth-order valence-electron chi connectivity index (χ4n) is 1.91. The van der Waals surface area contributed by atoms with E-state index >= 15 is 0 Å². The number of methoxy groups -OCH3 is 1. The first kappa shape index (κ1) is 14.1. The number of anilines is 1. The number of rotatable bonds is 4. The Hall–Kier alpha value is -1.29. The Balaban J connectivity index is 2.55. The molecule has 2 aromatic rings. The van der Waals surface area contributed by atoms with E-state index in [1.807, 2.05) is 24.4 Å². The molecule has 0 N–H and O–H groups in total. The summed E-state index contributed by atoms with van der Waals surface area (Å²) in [6, 6.07) is 8.09. The van der Waals surface area contributed by atoms with Crippen LogP contribution in [0.3, 0.4) is 0 Å². The van der Waals surface area contributed by atoms with Crippen LogP contribution in [0.15, 0.2) is 30.5 Å². The molecule has 19 heavy (non-hydrogen) atoms. The fraction of sp³-hybridized carbons (Fsp3) is 0.400. The van der Waals surface area contributed by atoms with Crippen molar-refractivity contribution in [2.45, 2.75) is 19.4 Å². The number of benzene rings is 1. The molecule has 0 unspecified atom stereocenters. The molecule has 1 heterocycles. The largest absolute Gasteiger partial charge is 0.497 e. The summed E-state index contributed by atoms with van der Waals surface area (Å²) in [5.41, 5.74) is 0.00120. The summed E-state index contributed by atoms with van der Waals surface area (Å²) in [5.74, 6) is 1.86. The molecule has 1 aromatic heterocycles. The Morgan fingerprint density at radius 1 is 1.32 bits per heavy atom. The lowest BCUT2D eigenvalue weighted by Crippen LogP contribution is -2.43. The molecule has 4 heteroatoms. The quantitative estimate of drug-likeness (QED) is 0.799. The summed E-state index contributed by atoms with van der Waals surface area (Å²) in [4.78, 5) is 6.75. The molecule has 0 aliphatic rings. The van der Waals surface area contributed by atoms with Crippen molar-refractivity contribution in [3.05, 3.63) is 30.5 Å². The van der Waals surface area contributed by atoms with Crippen molar-refractivity contribution in [3.8, 4) is 5.75 Å². The highest BCUT2D eigenvalue weighted by atomic mass is 79.9. The van der Waals surface area contributed by atoms with Crippen molar-refractivity contribution < 1.29 is 4.74 Å². The molecule has 0 saturated heterocycles. The van der Waals surface area contributed by atoms with Gasteiger partial charge in [0.05, 0.1) is 7.11 Å². The molecule has 0 saturated carbocycles. The van der Waals surface area contributed by atoms with E-state index in [1.54, 1.807) is 7.11 Å². The maximum absolute atomic E-state index is 5.27. The van der Waals surface area contributed by atoms with Crippen LogP contribution in [0.2, 0.25) is 0 Å². The third kappa shape index (κ3) is 2.68. The SMILES string of the molecule is COc1ccc2c(N(C)C(C)(C)CBr)nccc2c1. The second-order valence-corrected chi connectivity index (χ2v) is 5.79. The van der Waals surface area contributed by atoms with E-state index in [9.17, 15) is 0 Å². The molecule has 0 aliphatic carbocycles. The van der Waals surface area contributed by atoms with Gasteiger partial charge in [-0.15, -0.1) is 0 Å². The minimum absolute atomic E-state index is 0.00120. The molecule has 102 valence electrons. The number of hydrogen-bond acceptors (Lipinski definition) is 3. The summed E-state index contributed by atoms with van der Waals surface area (Å²) in [5, 5.41) is 3.16. The summed E-state index contributed by atoms with van der Waals surface area (Å²) in [7, 11) is 3.76. The van der Waals surface area contributed by atoms with Gasteiger partial charge in [-0.25, -0.2) is 4.98 Å². The van der Waals surface area contributed by atoms with Gasteiger partial charge in [-0.3, -0.25) is 0 Å². The average molecular weight is 323 g/mol. The van der Waals surface area contributed by atoms with Gasteiger partial charge in [0, 0.05) is 29.5 Å². The molecule has 0 atom stereocenters. The highest BCUT2D eigenvalue weighted by molar-refractivity contribution is 9.09. The van der Waals surface area contributed by atoms with Crippen LogP contribution < -0.4 is 9.64 Å². The Bertz CT molecular complexity index is 583. The number of pyridine rings is 1. The summed E-state index contributed by atoms with van der Waals surface area (Å²) in [6.45, 7) is 4.37. The predicted molar refractivity (Wildman–Crippen MR) is 84.6 cm³/mol. The third-order valence-electron chi connectivity index (χ3n) is 3.50. The van der Waals surface area contributed by atoms with Crippen LogP contribution in [-0.2, 0) is 0 Å². The molecule has 0 fully saturated rings. The Morgan fingerprint density at radius 2 is 2.05 bits per heavy atom. The molecule has 3 nitrogen and oxygen atoms in total. The number of ether oxygens (including phenoxy) is 1. The number of halogens is 1. The molecule has 0 aliphatic heterocycles. The lowest BCUT2D eigenvalue weighted by atomic mass is 10.1. The summed E-state index contributed by atoms with van der Waals surface area (Å²) >= 11 is 3.57. The monoisotopic (exact) mass is 322 g/mol. The van der Waals surface area contributed by atoms with Crippen LogP contribution in [0.4, 0.5) is 5.82 Å².